The second kappa shape index (κ2) is 5.98. The van der Waals surface area contributed by atoms with Crippen LogP contribution < -0.4 is 11.1 Å². The lowest BCUT2D eigenvalue weighted by Gasteiger charge is -2.15. The van der Waals surface area contributed by atoms with Gasteiger partial charge < -0.3 is 16.2 Å². The van der Waals surface area contributed by atoms with E-state index >= 15 is 0 Å². The van der Waals surface area contributed by atoms with Crippen LogP contribution >= 0.6 is 15.9 Å². The van der Waals surface area contributed by atoms with Crippen molar-refractivity contribution < 1.29 is 9.90 Å². The molecule has 4 N–H and O–H groups in total. The number of carbonyl (C=O) groups excluding carboxylic acids is 1. The predicted octanol–water partition coefficient (Wildman–Crippen LogP) is 1.79. The highest BCUT2D eigenvalue weighted by Crippen LogP contribution is 2.28. The quantitative estimate of drug-likeness (QED) is 0.790. The summed E-state index contributed by atoms with van der Waals surface area (Å²) in [6, 6.07) is 5.34. The highest BCUT2D eigenvalue weighted by Gasteiger charge is 2.13. The molecule has 4 nitrogen and oxygen atoms in total. The highest BCUT2D eigenvalue weighted by molar-refractivity contribution is 9.10. The van der Waals surface area contributed by atoms with Crippen molar-refractivity contribution in [2.45, 2.75) is 19.4 Å². The monoisotopic (exact) mass is 286 g/mol. The minimum absolute atomic E-state index is 0.163. The van der Waals surface area contributed by atoms with Crippen molar-refractivity contribution in [1.29, 1.82) is 0 Å². The molecule has 88 valence electrons. The molecule has 1 amide bonds. The summed E-state index contributed by atoms with van der Waals surface area (Å²) in [6.45, 7) is 1.83. The van der Waals surface area contributed by atoms with Gasteiger partial charge in [0.1, 0.15) is 0 Å². The summed E-state index contributed by atoms with van der Waals surface area (Å²) in [5, 5.41) is 12.6. The fraction of sp³-hybridized carbons (Fsp3) is 0.364. The number of halogens is 1. The molecule has 0 aliphatic rings. The van der Waals surface area contributed by atoms with Crippen molar-refractivity contribution in [1.82, 2.24) is 0 Å². The Labute approximate surface area is 103 Å². The van der Waals surface area contributed by atoms with E-state index in [1.165, 1.54) is 6.92 Å². The predicted molar refractivity (Wildman–Crippen MR) is 67.1 cm³/mol. The molecule has 0 bridgehead atoms. The van der Waals surface area contributed by atoms with Gasteiger partial charge in [0, 0.05) is 22.6 Å². The number of nitrogens with one attached hydrogen (secondary N) is 1. The number of aliphatic hydroxyl groups is 1. The van der Waals surface area contributed by atoms with Crippen molar-refractivity contribution in [2.75, 3.05) is 11.9 Å². The summed E-state index contributed by atoms with van der Waals surface area (Å²) in [4.78, 5) is 11.0. The van der Waals surface area contributed by atoms with Gasteiger partial charge in [-0.2, -0.15) is 0 Å². The third-order valence-corrected chi connectivity index (χ3v) is 2.62. The third kappa shape index (κ3) is 3.59. The summed E-state index contributed by atoms with van der Waals surface area (Å²) in [5.41, 5.74) is 6.69. The Morgan fingerprint density at radius 1 is 1.62 bits per heavy atom. The van der Waals surface area contributed by atoms with Crippen LogP contribution in [0.15, 0.2) is 22.7 Å². The number of amides is 1. The summed E-state index contributed by atoms with van der Waals surface area (Å²) in [6.07, 6.45) is -0.201. The van der Waals surface area contributed by atoms with Crippen molar-refractivity contribution in [2.24, 2.45) is 5.73 Å². The molecule has 0 fully saturated rings. The van der Waals surface area contributed by atoms with Gasteiger partial charge >= 0.3 is 0 Å². The van der Waals surface area contributed by atoms with Crippen molar-refractivity contribution >= 4 is 27.5 Å². The Kier molecular flexibility index (Phi) is 4.92. The molecule has 0 saturated heterocycles. The molecule has 1 aromatic carbocycles. The Hall–Kier alpha value is -0.910. The first kappa shape index (κ1) is 13.2. The Balaban J connectivity index is 3.02. The third-order valence-electron chi connectivity index (χ3n) is 2.12. The number of nitrogens with two attached hydrogens (primary N) is 1. The minimum Gasteiger partial charge on any atom is -0.388 e. The van der Waals surface area contributed by atoms with Crippen LogP contribution in [0.1, 0.15) is 25.0 Å². The fourth-order valence-corrected chi connectivity index (χ4v) is 1.80. The molecule has 0 spiro atoms. The van der Waals surface area contributed by atoms with E-state index in [1.54, 1.807) is 12.1 Å². The first-order valence-electron chi connectivity index (χ1n) is 4.99. The molecule has 1 atom stereocenters. The molecule has 0 saturated carbocycles. The molecule has 0 aliphatic heterocycles. The van der Waals surface area contributed by atoms with E-state index < -0.39 is 6.10 Å². The van der Waals surface area contributed by atoms with Crippen LogP contribution in [0.25, 0.3) is 0 Å². The largest absolute Gasteiger partial charge is 0.388 e. The minimum atomic E-state index is -0.663. The van der Waals surface area contributed by atoms with Gasteiger partial charge in [-0.3, -0.25) is 4.79 Å². The molecule has 1 unspecified atom stereocenters. The lowest BCUT2D eigenvalue weighted by Crippen LogP contribution is -2.12. The van der Waals surface area contributed by atoms with Crippen molar-refractivity contribution in [3.63, 3.8) is 0 Å². The van der Waals surface area contributed by atoms with Gasteiger partial charge in [0.15, 0.2) is 0 Å². The number of rotatable bonds is 4. The average Bonchev–Trinajstić information content (AvgIpc) is 2.20. The molecule has 0 aliphatic carbocycles. The Morgan fingerprint density at radius 3 is 2.88 bits per heavy atom. The van der Waals surface area contributed by atoms with Gasteiger partial charge in [-0.05, 0) is 31.2 Å². The summed E-state index contributed by atoms with van der Waals surface area (Å²) < 4.78 is 0.854. The molecular formula is C11H15BrN2O2. The second-order valence-corrected chi connectivity index (χ2v) is 4.42. The molecular weight excluding hydrogens is 272 g/mol. The van der Waals surface area contributed by atoms with Crippen LogP contribution in [0.4, 0.5) is 5.69 Å². The maximum absolute atomic E-state index is 11.0. The van der Waals surface area contributed by atoms with Gasteiger partial charge in [0.25, 0.3) is 0 Å². The zero-order valence-electron chi connectivity index (χ0n) is 9.03. The van der Waals surface area contributed by atoms with Crippen molar-refractivity contribution in [3.05, 3.63) is 28.2 Å². The highest BCUT2D eigenvalue weighted by atomic mass is 79.9. The van der Waals surface area contributed by atoms with E-state index in [0.717, 1.165) is 4.47 Å². The van der Waals surface area contributed by atoms with Crippen LogP contribution in [0.5, 0.6) is 0 Å². The number of anilines is 1. The maximum Gasteiger partial charge on any atom is 0.221 e. The maximum atomic E-state index is 11.0. The van der Waals surface area contributed by atoms with Gasteiger partial charge in [-0.1, -0.05) is 15.9 Å². The molecule has 1 rings (SSSR count). The fourth-order valence-electron chi connectivity index (χ4n) is 1.43. The van der Waals surface area contributed by atoms with E-state index in [0.29, 0.717) is 24.2 Å². The van der Waals surface area contributed by atoms with Gasteiger partial charge in [-0.15, -0.1) is 0 Å². The van der Waals surface area contributed by atoms with Crippen LogP contribution in [0, 0.1) is 0 Å². The van der Waals surface area contributed by atoms with E-state index in [4.69, 9.17) is 5.73 Å². The topological polar surface area (TPSA) is 75.3 Å². The zero-order chi connectivity index (χ0) is 12.1. The lowest BCUT2D eigenvalue weighted by molar-refractivity contribution is -0.114. The van der Waals surface area contributed by atoms with Crippen LogP contribution in [0.3, 0.4) is 0 Å². The first-order valence-corrected chi connectivity index (χ1v) is 5.79. The molecule has 0 aromatic heterocycles. The molecule has 0 heterocycles. The normalized spacial score (nSPS) is 12.2. The standard InChI is InChI=1S/C11H15BrN2O2/c1-7(15)14-10-3-2-8(12)6-9(10)11(16)4-5-13/h2-3,6,11,16H,4-5,13H2,1H3,(H,14,15). The first-order chi connectivity index (χ1) is 7.54. The van der Waals surface area contributed by atoms with Crippen LogP contribution in [0.2, 0.25) is 0 Å². The molecule has 16 heavy (non-hydrogen) atoms. The Morgan fingerprint density at radius 2 is 2.31 bits per heavy atom. The van der Waals surface area contributed by atoms with E-state index in [9.17, 15) is 9.90 Å². The molecule has 5 heteroatoms. The number of hydrogen-bond acceptors (Lipinski definition) is 3. The zero-order valence-corrected chi connectivity index (χ0v) is 10.6. The van der Waals surface area contributed by atoms with E-state index in [2.05, 4.69) is 21.2 Å². The summed E-state index contributed by atoms with van der Waals surface area (Å²) in [5.74, 6) is -0.163. The Bertz CT molecular complexity index is 382. The SMILES string of the molecule is CC(=O)Nc1ccc(Br)cc1C(O)CCN. The molecule has 0 radical (unpaired) electrons. The second-order valence-electron chi connectivity index (χ2n) is 3.51. The van der Waals surface area contributed by atoms with Crippen LogP contribution in [-0.2, 0) is 4.79 Å². The lowest BCUT2D eigenvalue weighted by atomic mass is 10.0. The van der Waals surface area contributed by atoms with Gasteiger partial charge in [-0.25, -0.2) is 0 Å². The smallest absolute Gasteiger partial charge is 0.221 e. The number of carbonyl (C=O) groups is 1. The van der Waals surface area contributed by atoms with Gasteiger partial charge in [0.05, 0.1) is 6.10 Å². The average molecular weight is 287 g/mol. The van der Waals surface area contributed by atoms with Gasteiger partial charge in [0.2, 0.25) is 5.91 Å². The van der Waals surface area contributed by atoms with E-state index in [1.807, 2.05) is 6.07 Å². The number of hydrogen-bond donors (Lipinski definition) is 3. The van der Waals surface area contributed by atoms with Crippen molar-refractivity contribution in [3.8, 4) is 0 Å². The summed E-state index contributed by atoms with van der Waals surface area (Å²) in [7, 11) is 0. The summed E-state index contributed by atoms with van der Waals surface area (Å²) >= 11 is 3.33. The molecule has 1 aromatic rings. The van der Waals surface area contributed by atoms with E-state index in [-0.39, 0.29) is 5.91 Å². The number of aliphatic hydroxyl groups excluding tert-OH is 1. The van der Waals surface area contributed by atoms with Crippen LogP contribution in [-0.4, -0.2) is 17.6 Å². The number of benzene rings is 1.